The molecule has 0 aliphatic heterocycles. The molecule has 0 spiro atoms. The van der Waals surface area contributed by atoms with Crippen LogP contribution in [0, 0.1) is 11.6 Å². The summed E-state index contributed by atoms with van der Waals surface area (Å²) in [5.41, 5.74) is 1.40. The van der Waals surface area contributed by atoms with E-state index in [1.165, 1.54) is 35.2 Å². The Hall–Kier alpha value is -3.48. The van der Waals surface area contributed by atoms with E-state index in [-0.39, 0.29) is 36.4 Å². The third-order valence-electron chi connectivity index (χ3n) is 4.35. The molecule has 0 saturated carbocycles. The first kappa shape index (κ1) is 20.3. The minimum absolute atomic E-state index is 0.0949. The Kier molecular flexibility index (Phi) is 6.39. The molecule has 3 aromatic rings. The molecular weight excluding hydrogens is 378 g/mol. The number of halogens is 2. The minimum atomic E-state index is -0.419. The molecule has 5 nitrogen and oxygen atoms in total. The molecule has 0 atom stereocenters. The van der Waals surface area contributed by atoms with Gasteiger partial charge in [0.25, 0.3) is 5.91 Å². The topological polar surface area (TPSA) is 62.6 Å². The fourth-order valence-electron chi connectivity index (χ4n) is 2.74. The van der Waals surface area contributed by atoms with Crippen LogP contribution in [0.25, 0.3) is 11.3 Å². The molecule has 0 aliphatic rings. The van der Waals surface area contributed by atoms with Gasteiger partial charge in [-0.15, -0.1) is 0 Å². The van der Waals surface area contributed by atoms with Gasteiger partial charge in [-0.3, -0.25) is 9.59 Å². The van der Waals surface area contributed by atoms with Crippen molar-refractivity contribution in [2.45, 2.75) is 13.5 Å². The van der Waals surface area contributed by atoms with Gasteiger partial charge < -0.3 is 14.6 Å². The molecule has 0 aliphatic carbocycles. The number of hydrogen-bond donors (Lipinski definition) is 1. The van der Waals surface area contributed by atoms with E-state index in [0.29, 0.717) is 17.9 Å². The summed E-state index contributed by atoms with van der Waals surface area (Å²) >= 11 is 0. The highest BCUT2D eigenvalue weighted by Crippen LogP contribution is 2.23. The molecule has 3 rings (SSSR count). The van der Waals surface area contributed by atoms with Gasteiger partial charge in [0, 0.05) is 18.7 Å². The van der Waals surface area contributed by atoms with Gasteiger partial charge in [-0.25, -0.2) is 8.78 Å². The number of benzene rings is 2. The van der Waals surface area contributed by atoms with E-state index in [0.717, 1.165) is 5.56 Å². The van der Waals surface area contributed by atoms with Crippen LogP contribution in [0.15, 0.2) is 65.1 Å². The molecule has 0 bridgehead atoms. The first-order valence-electron chi connectivity index (χ1n) is 9.12. The lowest BCUT2D eigenvalue weighted by atomic mass is 10.2. The zero-order chi connectivity index (χ0) is 20.8. The Morgan fingerprint density at radius 3 is 2.17 bits per heavy atom. The fourth-order valence-corrected chi connectivity index (χ4v) is 2.74. The molecule has 1 aromatic heterocycles. The lowest BCUT2D eigenvalue weighted by Crippen LogP contribution is -2.40. The molecule has 0 radical (unpaired) electrons. The van der Waals surface area contributed by atoms with Crippen molar-refractivity contribution in [3.63, 3.8) is 0 Å². The number of hydrogen-bond acceptors (Lipinski definition) is 3. The van der Waals surface area contributed by atoms with Crippen LogP contribution in [0.2, 0.25) is 0 Å². The van der Waals surface area contributed by atoms with Crippen LogP contribution in [-0.2, 0) is 11.3 Å². The highest BCUT2D eigenvalue weighted by Gasteiger charge is 2.21. The van der Waals surface area contributed by atoms with Crippen LogP contribution in [-0.4, -0.2) is 29.8 Å². The SMILES string of the molecule is CCN(CC(=O)NCc1ccc(F)cc1)C(=O)c1ccc(-c2ccc(F)cc2)o1. The second kappa shape index (κ2) is 9.14. The fraction of sp³-hybridized carbons (Fsp3) is 0.182. The third-order valence-corrected chi connectivity index (χ3v) is 4.35. The Balaban J connectivity index is 1.60. The van der Waals surface area contributed by atoms with Crippen LogP contribution in [0.3, 0.4) is 0 Å². The lowest BCUT2D eigenvalue weighted by Gasteiger charge is -2.19. The van der Waals surface area contributed by atoms with Crippen molar-refractivity contribution >= 4 is 11.8 Å². The average molecular weight is 398 g/mol. The zero-order valence-electron chi connectivity index (χ0n) is 15.8. The summed E-state index contributed by atoms with van der Waals surface area (Å²) in [5.74, 6) is -0.933. The first-order chi connectivity index (χ1) is 14.0. The third kappa shape index (κ3) is 5.28. The molecule has 1 N–H and O–H groups in total. The summed E-state index contributed by atoms with van der Waals surface area (Å²) in [6.45, 7) is 2.17. The maximum absolute atomic E-state index is 13.1. The van der Waals surface area contributed by atoms with Gasteiger partial charge in [0.1, 0.15) is 17.4 Å². The van der Waals surface area contributed by atoms with Crippen molar-refractivity contribution < 1.29 is 22.8 Å². The summed E-state index contributed by atoms with van der Waals surface area (Å²) in [6, 6.07) is 14.7. The average Bonchev–Trinajstić information content (AvgIpc) is 3.22. The van der Waals surface area contributed by atoms with Crippen LogP contribution < -0.4 is 5.32 Å². The monoisotopic (exact) mass is 398 g/mol. The molecule has 1 heterocycles. The molecule has 2 amide bonds. The largest absolute Gasteiger partial charge is 0.451 e. The van der Waals surface area contributed by atoms with E-state index < -0.39 is 5.91 Å². The normalized spacial score (nSPS) is 10.6. The quantitative estimate of drug-likeness (QED) is 0.654. The maximum Gasteiger partial charge on any atom is 0.290 e. The maximum atomic E-state index is 13.1. The van der Waals surface area contributed by atoms with Crippen LogP contribution in [0.4, 0.5) is 8.78 Å². The van der Waals surface area contributed by atoms with Crippen molar-refractivity contribution in [1.82, 2.24) is 10.2 Å². The molecule has 7 heteroatoms. The number of nitrogens with zero attached hydrogens (tertiary/aromatic N) is 1. The number of amides is 2. The summed E-state index contributed by atoms with van der Waals surface area (Å²) < 4.78 is 31.6. The molecule has 0 saturated heterocycles. The van der Waals surface area contributed by atoms with Gasteiger partial charge in [0.05, 0.1) is 6.54 Å². The van der Waals surface area contributed by atoms with Crippen molar-refractivity contribution in [3.05, 3.63) is 83.6 Å². The van der Waals surface area contributed by atoms with Gasteiger partial charge in [-0.1, -0.05) is 12.1 Å². The van der Waals surface area contributed by atoms with Gasteiger partial charge in [0.2, 0.25) is 5.91 Å². The van der Waals surface area contributed by atoms with E-state index in [9.17, 15) is 18.4 Å². The molecule has 150 valence electrons. The number of rotatable bonds is 7. The second-order valence-corrected chi connectivity index (χ2v) is 6.39. The molecule has 2 aromatic carbocycles. The van der Waals surface area contributed by atoms with Gasteiger partial charge in [-0.05, 0) is 61.0 Å². The summed E-state index contributed by atoms with van der Waals surface area (Å²) in [5, 5.41) is 2.70. The summed E-state index contributed by atoms with van der Waals surface area (Å²) in [7, 11) is 0. The lowest BCUT2D eigenvalue weighted by molar-refractivity contribution is -0.121. The van der Waals surface area contributed by atoms with Crippen molar-refractivity contribution in [3.8, 4) is 11.3 Å². The highest BCUT2D eigenvalue weighted by molar-refractivity contribution is 5.94. The Labute approximate surface area is 166 Å². The van der Waals surface area contributed by atoms with E-state index in [1.54, 1.807) is 37.3 Å². The van der Waals surface area contributed by atoms with Crippen LogP contribution >= 0.6 is 0 Å². The van der Waals surface area contributed by atoms with Gasteiger partial charge >= 0.3 is 0 Å². The number of likely N-dealkylation sites (N-methyl/N-ethyl adjacent to an activating group) is 1. The van der Waals surface area contributed by atoms with E-state index in [2.05, 4.69) is 5.32 Å². The molecule has 0 unspecified atom stereocenters. The number of nitrogens with one attached hydrogen (secondary N) is 1. The molecule has 0 fully saturated rings. The van der Waals surface area contributed by atoms with E-state index in [4.69, 9.17) is 4.42 Å². The Bertz CT molecular complexity index is 982. The Morgan fingerprint density at radius 2 is 1.55 bits per heavy atom. The number of furan rings is 1. The standard InChI is InChI=1S/C22H20F2N2O3/c1-2-26(14-21(27)25-13-15-3-7-17(23)8-4-15)22(28)20-12-11-19(29-20)16-5-9-18(24)10-6-16/h3-12H,2,13-14H2,1H3,(H,25,27). The second-order valence-electron chi connectivity index (χ2n) is 6.39. The summed E-state index contributed by atoms with van der Waals surface area (Å²) in [4.78, 5) is 26.2. The highest BCUT2D eigenvalue weighted by atomic mass is 19.1. The first-order valence-corrected chi connectivity index (χ1v) is 9.12. The van der Waals surface area contributed by atoms with Gasteiger partial charge in [0.15, 0.2) is 5.76 Å². The zero-order valence-corrected chi connectivity index (χ0v) is 15.8. The number of carbonyl (C=O) groups is 2. The van der Waals surface area contributed by atoms with Crippen molar-refractivity contribution in [2.75, 3.05) is 13.1 Å². The molecular formula is C22H20F2N2O3. The number of carbonyl (C=O) groups excluding carboxylic acids is 2. The Morgan fingerprint density at radius 1 is 0.931 bits per heavy atom. The van der Waals surface area contributed by atoms with Crippen molar-refractivity contribution in [1.29, 1.82) is 0 Å². The van der Waals surface area contributed by atoms with Crippen LogP contribution in [0.1, 0.15) is 23.0 Å². The van der Waals surface area contributed by atoms with Crippen molar-refractivity contribution in [2.24, 2.45) is 0 Å². The van der Waals surface area contributed by atoms with E-state index >= 15 is 0 Å². The smallest absolute Gasteiger partial charge is 0.290 e. The predicted octanol–water partition coefficient (Wildman–Crippen LogP) is 4.00. The van der Waals surface area contributed by atoms with E-state index in [1.807, 2.05) is 0 Å². The molecule has 29 heavy (non-hydrogen) atoms. The minimum Gasteiger partial charge on any atom is -0.451 e. The predicted molar refractivity (Wildman–Crippen MR) is 104 cm³/mol. The van der Waals surface area contributed by atoms with Crippen LogP contribution in [0.5, 0.6) is 0 Å². The van der Waals surface area contributed by atoms with Gasteiger partial charge in [-0.2, -0.15) is 0 Å². The summed E-state index contributed by atoms with van der Waals surface area (Å²) in [6.07, 6.45) is 0.